The maximum Gasteiger partial charge on any atom is 0.280 e. The summed E-state index contributed by atoms with van der Waals surface area (Å²) in [5, 5.41) is 0. The molecule has 1 rings (SSSR count). The van der Waals surface area contributed by atoms with Gasteiger partial charge < -0.3 is 5.73 Å². The molecule has 0 fully saturated rings. The Morgan fingerprint density at radius 3 is 2.71 bits per heavy atom. The van der Waals surface area contributed by atoms with E-state index in [9.17, 15) is 13.6 Å². The van der Waals surface area contributed by atoms with Gasteiger partial charge in [0.05, 0.1) is 0 Å². The average Bonchev–Trinajstić information content (AvgIpc) is 2.17. The van der Waals surface area contributed by atoms with Gasteiger partial charge in [-0.3, -0.25) is 9.78 Å². The van der Waals surface area contributed by atoms with Crippen molar-refractivity contribution in [3.63, 3.8) is 0 Å². The van der Waals surface area contributed by atoms with Crippen molar-refractivity contribution in [2.45, 2.75) is 19.9 Å². The first-order chi connectivity index (χ1) is 6.61. The monoisotopic (exact) mass is 200 g/mol. The van der Waals surface area contributed by atoms with E-state index in [4.69, 9.17) is 5.73 Å². The van der Waals surface area contributed by atoms with E-state index in [1.165, 1.54) is 0 Å². The molecule has 0 spiro atoms. The van der Waals surface area contributed by atoms with Crippen LogP contribution in [0.2, 0.25) is 0 Å². The third-order valence-corrected chi connectivity index (χ3v) is 2.08. The fraction of sp³-hybridized carbons (Fsp3) is 0.333. The second kappa shape index (κ2) is 4.23. The molecule has 0 aliphatic heterocycles. The summed E-state index contributed by atoms with van der Waals surface area (Å²) in [7, 11) is 0. The first-order valence-corrected chi connectivity index (χ1v) is 4.03. The molecule has 5 heteroatoms. The van der Waals surface area contributed by atoms with Crippen LogP contribution >= 0.6 is 0 Å². The molecule has 0 saturated heterocycles. The fourth-order valence-electron chi connectivity index (χ4n) is 1.24. The van der Waals surface area contributed by atoms with Crippen molar-refractivity contribution in [3.8, 4) is 0 Å². The Kier molecular flexibility index (Phi) is 3.24. The zero-order chi connectivity index (χ0) is 10.7. The Hall–Kier alpha value is -1.36. The van der Waals surface area contributed by atoms with E-state index < -0.39 is 6.43 Å². The highest BCUT2D eigenvalue weighted by Crippen LogP contribution is 2.23. The molecule has 0 amide bonds. The highest BCUT2D eigenvalue weighted by molar-refractivity contribution is 5.77. The van der Waals surface area contributed by atoms with Crippen molar-refractivity contribution in [3.05, 3.63) is 28.6 Å². The fourth-order valence-corrected chi connectivity index (χ4v) is 1.24. The van der Waals surface area contributed by atoms with Crippen molar-refractivity contribution in [2.24, 2.45) is 5.73 Å². The molecular formula is C9H10F2N2O. The molecule has 14 heavy (non-hydrogen) atoms. The number of halogens is 2. The number of nitrogens with zero attached hydrogens (tertiary/aromatic N) is 1. The number of carbonyl (C=O) groups is 1. The van der Waals surface area contributed by atoms with Crippen molar-refractivity contribution in [2.75, 3.05) is 0 Å². The Labute approximate surface area is 79.9 Å². The van der Waals surface area contributed by atoms with Crippen LogP contribution in [0.4, 0.5) is 8.78 Å². The summed E-state index contributed by atoms with van der Waals surface area (Å²) in [5.74, 6) is 0. The van der Waals surface area contributed by atoms with Gasteiger partial charge >= 0.3 is 0 Å². The predicted octanol–water partition coefficient (Wildman–Crippen LogP) is 1.60. The molecule has 1 aromatic heterocycles. The minimum Gasteiger partial charge on any atom is -0.326 e. The first kappa shape index (κ1) is 10.7. The lowest BCUT2D eigenvalue weighted by atomic mass is 10.0. The molecule has 0 unspecified atom stereocenters. The summed E-state index contributed by atoms with van der Waals surface area (Å²) in [6.45, 7) is 1.54. The van der Waals surface area contributed by atoms with Crippen LogP contribution in [0.1, 0.15) is 33.6 Å². The number of alkyl halides is 2. The molecule has 1 heterocycles. The topological polar surface area (TPSA) is 56.0 Å². The van der Waals surface area contributed by atoms with Gasteiger partial charge in [0.15, 0.2) is 6.29 Å². The second-order valence-corrected chi connectivity index (χ2v) is 2.83. The zero-order valence-electron chi connectivity index (χ0n) is 7.63. The number of aldehydes is 1. The van der Waals surface area contributed by atoms with Crippen LogP contribution in [0.3, 0.4) is 0 Å². The molecular weight excluding hydrogens is 190 g/mol. The number of rotatable bonds is 3. The third kappa shape index (κ3) is 1.77. The van der Waals surface area contributed by atoms with E-state index in [1.807, 2.05) is 0 Å². The van der Waals surface area contributed by atoms with E-state index in [0.29, 0.717) is 17.4 Å². The Bertz CT molecular complexity index is 353. The maximum atomic E-state index is 12.4. The summed E-state index contributed by atoms with van der Waals surface area (Å²) in [6.07, 6.45) is -0.937. The van der Waals surface area contributed by atoms with Crippen LogP contribution in [0.25, 0.3) is 0 Å². The number of aromatic nitrogens is 1. The molecule has 0 aliphatic rings. The molecule has 76 valence electrons. The van der Waals surface area contributed by atoms with Gasteiger partial charge in [0.1, 0.15) is 5.69 Å². The van der Waals surface area contributed by atoms with Gasteiger partial charge in [0, 0.05) is 18.3 Å². The van der Waals surface area contributed by atoms with Crippen LogP contribution in [0.15, 0.2) is 6.20 Å². The minimum atomic E-state index is -2.66. The molecule has 0 radical (unpaired) electrons. The van der Waals surface area contributed by atoms with Crippen LogP contribution in [0.5, 0.6) is 0 Å². The third-order valence-electron chi connectivity index (χ3n) is 2.08. The molecule has 1 aromatic rings. The standard InChI is InChI=1S/C9H10F2N2O/c1-5-6(4-14)3-13-8(9(10)11)7(5)2-12/h3-4,9H,2,12H2,1H3. The number of hydrogen-bond donors (Lipinski definition) is 1. The van der Waals surface area contributed by atoms with Gasteiger partial charge in [-0.05, 0) is 18.1 Å². The maximum absolute atomic E-state index is 12.4. The smallest absolute Gasteiger partial charge is 0.280 e. The number of nitrogens with two attached hydrogens (primary N) is 1. The van der Waals surface area contributed by atoms with Crippen molar-refractivity contribution >= 4 is 6.29 Å². The second-order valence-electron chi connectivity index (χ2n) is 2.83. The van der Waals surface area contributed by atoms with Crippen LogP contribution in [-0.2, 0) is 6.54 Å². The van der Waals surface area contributed by atoms with Crippen LogP contribution in [0, 0.1) is 6.92 Å². The normalized spacial score (nSPS) is 10.6. The van der Waals surface area contributed by atoms with Gasteiger partial charge in [-0.1, -0.05) is 0 Å². The average molecular weight is 200 g/mol. The van der Waals surface area contributed by atoms with Gasteiger partial charge in [-0.15, -0.1) is 0 Å². The molecule has 0 aliphatic carbocycles. The summed E-state index contributed by atoms with van der Waals surface area (Å²) in [5.41, 5.74) is 6.02. The summed E-state index contributed by atoms with van der Waals surface area (Å²) < 4.78 is 24.8. The van der Waals surface area contributed by atoms with Gasteiger partial charge in [-0.2, -0.15) is 0 Å². The number of pyridine rings is 1. The van der Waals surface area contributed by atoms with Gasteiger partial charge in [0.2, 0.25) is 0 Å². The lowest BCUT2D eigenvalue weighted by molar-refractivity contribution is 0.112. The predicted molar refractivity (Wildman–Crippen MR) is 47.2 cm³/mol. The molecule has 0 aromatic carbocycles. The summed E-state index contributed by atoms with van der Waals surface area (Å²) >= 11 is 0. The minimum absolute atomic E-state index is 0.0415. The zero-order valence-corrected chi connectivity index (χ0v) is 7.63. The van der Waals surface area contributed by atoms with Crippen molar-refractivity contribution < 1.29 is 13.6 Å². The molecule has 0 bridgehead atoms. The Morgan fingerprint density at radius 1 is 1.64 bits per heavy atom. The Morgan fingerprint density at radius 2 is 2.29 bits per heavy atom. The molecule has 3 nitrogen and oxygen atoms in total. The lowest BCUT2D eigenvalue weighted by Crippen LogP contribution is -2.09. The van der Waals surface area contributed by atoms with Crippen LogP contribution < -0.4 is 5.73 Å². The molecule has 0 atom stereocenters. The summed E-state index contributed by atoms with van der Waals surface area (Å²) in [6, 6.07) is 0. The summed E-state index contributed by atoms with van der Waals surface area (Å²) in [4.78, 5) is 14.0. The van der Waals surface area contributed by atoms with E-state index >= 15 is 0 Å². The van der Waals surface area contributed by atoms with Gasteiger partial charge in [-0.25, -0.2) is 8.78 Å². The van der Waals surface area contributed by atoms with E-state index in [1.54, 1.807) is 6.92 Å². The number of hydrogen-bond acceptors (Lipinski definition) is 3. The van der Waals surface area contributed by atoms with E-state index in [0.717, 1.165) is 6.20 Å². The SMILES string of the molecule is Cc1c(C=O)cnc(C(F)F)c1CN. The largest absolute Gasteiger partial charge is 0.326 e. The first-order valence-electron chi connectivity index (χ1n) is 4.03. The quantitative estimate of drug-likeness (QED) is 0.754. The van der Waals surface area contributed by atoms with Crippen molar-refractivity contribution in [1.29, 1.82) is 0 Å². The highest BCUT2D eigenvalue weighted by atomic mass is 19.3. The Balaban J connectivity index is 3.35. The highest BCUT2D eigenvalue weighted by Gasteiger charge is 2.17. The van der Waals surface area contributed by atoms with E-state index in [-0.39, 0.29) is 17.8 Å². The van der Waals surface area contributed by atoms with Gasteiger partial charge in [0.25, 0.3) is 6.43 Å². The number of carbonyl (C=O) groups excluding carboxylic acids is 1. The lowest BCUT2D eigenvalue weighted by Gasteiger charge is -2.10. The van der Waals surface area contributed by atoms with Crippen molar-refractivity contribution in [1.82, 2.24) is 4.98 Å². The molecule has 2 N–H and O–H groups in total. The van der Waals surface area contributed by atoms with Crippen LogP contribution in [-0.4, -0.2) is 11.3 Å². The molecule has 0 saturated carbocycles. The van der Waals surface area contributed by atoms with E-state index in [2.05, 4.69) is 4.98 Å².